The van der Waals surface area contributed by atoms with E-state index in [1.807, 2.05) is 0 Å². The summed E-state index contributed by atoms with van der Waals surface area (Å²) >= 11 is 11.9. The van der Waals surface area contributed by atoms with Crippen molar-refractivity contribution >= 4 is 23.2 Å². The van der Waals surface area contributed by atoms with Crippen molar-refractivity contribution in [3.05, 3.63) is 86.2 Å². The molecule has 0 saturated carbocycles. The Labute approximate surface area is 223 Å². The van der Waals surface area contributed by atoms with Crippen LogP contribution in [-0.4, -0.2) is 46.4 Å². The molecule has 2 atom stereocenters. The van der Waals surface area contributed by atoms with Gasteiger partial charge in [-0.25, -0.2) is 18.9 Å². The van der Waals surface area contributed by atoms with Crippen molar-refractivity contribution < 1.29 is 27.8 Å². The monoisotopic (exact) mass is 573 g/mol. The number of imidazole rings is 1. The van der Waals surface area contributed by atoms with Crippen LogP contribution >= 0.6 is 23.2 Å². The molecule has 202 valence electrons. The summed E-state index contributed by atoms with van der Waals surface area (Å²) in [7, 11) is 0. The quantitative estimate of drug-likeness (QED) is 0.313. The minimum Gasteiger partial charge on any atom is -0.385 e. The lowest BCUT2D eigenvalue weighted by Gasteiger charge is -2.16. The van der Waals surface area contributed by atoms with Gasteiger partial charge in [0.05, 0.1) is 24.5 Å². The minimum atomic E-state index is -4.96. The van der Waals surface area contributed by atoms with Gasteiger partial charge in [0.2, 0.25) is 0 Å². The van der Waals surface area contributed by atoms with Crippen LogP contribution in [0.25, 0.3) is 16.9 Å². The molecular weight excluding hydrogens is 553 g/mol. The van der Waals surface area contributed by atoms with Crippen LogP contribution in [0.4, 0.5) is 17.6 Å². The molecule has 0 radical (unpaired) electrons. The number of hydrogen-bond acceptors (Lipinski definition) is 5. The fourth-order valence-corrected chi connectivity index (χ4v) is 4.31. The number of benzene rings is 2. The van der Waals surface area contributed by atoms with E-state index in [2.05, 4.69) is 10.1 Å². The highest BCUT2D eigenvalue weighted by Crippen LogP contribution is 2.28. The Morgan fingerprint density at radius 1 is 1.03 bits per heavy atom. The van der Waals surface area contributed by atoms with Gasteiger partial charge in [0.1, 0.15) is 11.9 Å². The number of aromatic nitrogens is 5. The lowest BCUT2D eigenvalue weighted by atomic mass is 10.1. The van der Waals surface area contributed by atoms with Gasteiger partial charge in [0.15, 0.2) is 17.8 Å². The van der Waals surface area contributed by atoms with Crippen LogP contribution in [0.15, 0.2) is 47.3 Å². The zero-order valence-corrected chi connectivity index (χ0v) is 21.4. The number of aliphatic hydroxyl groups excluding tert-OH is 2. The second-order valence-corrected chi connectivity index (χ2v) is 9.45. The van der Waals surface area contributed by atoms with Crippen LogP contribution in [0.1, 0.15) is 30.4 Å². The molecule has 8 nitrogen and oxygen atoms in total. The molecular formula is C24H21Cl2F4N5O3. The molecule has 0 aliphatic heterocycles. The molecule has 2 aromatic heterocycles. The Hall–Kier alpha value is -3.19. The number of rotatable bonds is 7. The summed E-state index contributed by atoms with van der Waals surface area (Å²) in [5.41, 5.74) is 0.0731. The van der Waals surface area contributed by atoms with Gasteiger partial charge < -0.3 is 10.2 Å². The number of aliphatic hydroxyl groups is 2. The van der Waals surface area contributed by atoms with Crippen molar-refractivity contribution in [3.63, 3.8) is 0 Å². The lowest BCUT2D eigenvalue weighted by Crippen LogP contribution is -2.37. The topological polar surface area (TPSA) is 98.1 Å². The summed E-state index contributed by atoms with van der Waals surface area (Å²) in [6, 6.07) is 9.70. The highest BCUT2D eigenvalue weighted by Gasteiger charge is 2.39. The molecule has 1 unspecified atom stereocenters. The lowest BCUT2D eigenvalue weighted by molar-refractivity contribution is -0.207. The SMILES string of the molecule is Cc1c(-c2ccc(Cl)cc2)n(CC(O)C(F)(F)F)c(=O)n1Cc1nc([C@H](C)O)nn1-c1cc(F)cc(Cl)c1. The van der Waals surface area contributed by atoms with Gasteiger partial charge in [-0.05, 0) is 44.2 Å². The van der Waals surface area contributed by atoms with Crippen LogP contribution in [0, 0.1) is 12.7 Å². The Morgan fingerprint density at radius 3 is 2.26 bits per heavy atom. The largest absolute Gasteiger partial charge is 0.416 e. The number of halogens is 6. The van der Waals surface area contributed by atoms with Gasteiger partial charge in [-0.15, -0.1) is 5.10 Å². The highest BCUT2D eigenvalue weighted by molar-refractivity contribution is 6.31. The van der Waals surface area contributed by atoms with E-state index in [-0.39, 0.29) is 40.3 Å². The molecule has 38 heavy (non-hydrogen) atoms. The average Bonchev–Trinajstić information content (AvgIpc) is 3.34. The molecule has 0 spiro atoms. The molecule has 2 N–H and O–H groups in total. The molecule has 0 fully saturated rings. The van der Waals surface area contributed by atoms with E-state index >= 15 is 0 Å². The predicted molar refractivity (Wildman–Crippen MR) is 132 cm³/mol. The van der Waals surface area contributed by atoms with E-state index in [9.17, 15) is 32.6 Å². The zero-order valence-electron chi connectivity index (χ0n) is 19.9. The van der Waals surface area contributed by atoms with Crippen molar-refractivity contribution in [3.8, 4) is 16.9 Å². The molecule has 14 heteroatoms. The third-order valence-electron chi connectivity index (χ3n) is 5.79. The molecule has 4 rings (SSSR count). The first-order valence-electron chi connectivity index (χ1n) is 11.2. The van der Waals surface area contributed by atoms with Crippen molar-refractivity contribution in [1.29, 1.82) is 0 Å². The van der Waals surface area contributed by atoms with Crippen molar-refractivity contribution in [2.45, 2.75) is 45.3 Å². The standard InChI is InChI=1S/C24H21Cl2F4N5O3/c1-12-21(14-3-5-15(25)6-4-14)34(10-19(37)24(28,29)30)23(38)33(12)11-20-31-22(13(2)36)32-35(20)18-8-16(26)7-17(27)9-18/h3-9,13,19,36-37H,10-11H2,1-2H3/t13-,19?/m0/s1. The fourth-order valence-electron chi connectivity index (χ4n) is 3.96. The summed E-state index contributed by atoms with van der Waals surface area (Å²) in [6.07, 6.45) is -8.88. The van der Waals surface area contributed by atoms with Crippen LogP contribution in [0.3, 0.4) is 0 Å². The molecule has 0 saturated heterocycles. The summed E-state index contributed by atoms with van der Waals surface area (Å²) in [4.78, 5) is 17.7. The smallest absolute Gasteiger partial charge is 0.385 e. The Bertz CT molecular complexity index is 1510. The molecule has 0 aliphatic carbocycles. The van der Waals surface area contributed by atoms with Gasteiger partial charge >= 0.3 is 11.9 Å². The number of alkyl halides is 3. The molecule has 2 aromatic carbocycles. The molecule has 0 bridgehead atoms. The molecule has 0 aliphatic rings. The van der Waals surface area contributed by atoms with Crippen LogP contribution in [0.2, 0.25) is 10.0 Å². The fraction of sp³-hybridized carbons (Fsp3) is 0.292. The Balaban J connectivity index is 1.89. The van der Waals surface area contributed by atoms with E-state index in [1.54, 1.807) is 0 Å². The van der Waals surface area contributed by atoms with E-state index in [0.29, 0.717) is 10.6 Å². The molecule has 0 amide bonds. The van der Waals surface area contributed by atoms with Gasteiger partial charge in [-0.2, -0.15) is 13.2 Å². The summed E-state index contributed by atoms with van der Waals surface area (Å²) in [6.45, 7) is 1.57. The van der Waals surface area contributed by atoms with Gasteiger partial charge in [-0.3, -0.25) is 9.13 Å². The van der Waals surface area contributed by atoms with Gasteiger partial charge in [-0.1, -0.05) is 35.3 Å². The van der Waals surface area contributed by atoms with Gasteiger partial charge in [0, 0.05) is 21.3 Å². The average molecular weight is 574 g/mol. The van der Waals surface area contributed by atoms with Crippen molar-refractivity contribution in [2.75, 3.05) is 0 Å². The molecule has 2 heterocycles. The Morgan fingerprint density at radius 2 is 1.68 bits per heavy atom. The second kappa shape index (κ2) is 10.5. The van der Waals surface area contributed by atoms with Crippen LogP contribution < -0.4 is 5.69 Å². The summed E-state index contributed by atoms with van der Waals surface area (Å²) < 4.78 is 56.9. The maximum Gasteiger partial charge on any atom is 0.416 e. The zero-order chi connectivity index (χ0) is 27.9. The first kappa shape index (κ1) is 27.8. The summed E-state index contributed by atoms with van der Waals surface area (Å²) in [5, 5.41) is 24.4. The summed E-state index contributed by atoms with van der Waals surface area (Å²) in [5.74, 6) is -0.627. The van der Waals surface area contributed by atoms with E-state index in [1.165, 1.54) is 48.9 Å². The van der Waals surface area contributed by atoms with E-state index < -0.39 is 36.4 Å². The molecule has 4 aromatic rings. The second-order valence-electron chi connectivity index (χ2n) is 8.58. The Kier molecular flexibility index (Phi) is 7.71. The number of hydrogen-bond donors (Lipinski definition) is 2. The van der Waals surface area contributed by atoms with Crippen molar-refractivity contribution in [1.82, 2.24) is 23.9 Å². The van der Waals surface area contributed by atoms with Gasteiger partial charge in [0.25, 0.3) is 0 Å². The van der Waals surface area contributed by atoms with Crippen LogP contribution in [-0.2, 0) is 13.1 Å². The minimum absolute atomic E-state index is 0.0315. The van der Waals surface area contributed by atoms with Crippen LogP contribution in [0.5, 0.6) is 0 Å². The first-order valence-corrected chi connectivity index (χ1v) is 11.9. The third-order valence-corrected chi connectivity index (χ3v) is 6.26. The normalized spacial score (nSPS) is 13.6. The predicted octanol–water partition coefficient (Wildman–Crippen LogP) is 4.68. The highest BCUT2D eigenvalue weighted by atomic mass is 35.5. The van der Waals surface area contributed by atoms with Crippen molar-refractivity contribution in [2.24, 2.45) is 0 Å². The first-order chi connectivity index (χ1) is 17.8. The maximum atomic E-state index is 14.1. The maximum absolute atomic E-state index is 14.1. The number of nitrogens with zero attached hydrogens (tertiary/aromatic N) is 5. The van der Waals surface area contributed by atoms with E-state index in [4.69, 9.17) is 23.2 Å². The third kappa shape index (κ3) is 5.63. The van der Waals surface area contributed by atoms with E-state index in [0.717, 1.165) is 21.3 Å².